The number of aromatic nitrogens is 2. The van der Waals surface area contributed by atoms with Crippen molar-refractivity contribution in [2.75, 3.05) is 12.8 Å². The Kier molecular flexibility index (Phi) is 7.48. The highest BCUT2D eigenvalue weighted by atomic mass is 16.5. The van der Waals surface area contributed by atoms with E-state index in [2.05, 4.69) is 30.7 Å². The molecule has 108 valence electrons. The molecule has 0 aliphatic rings. The highest BCUT2D eigenvalue weighted by molar-refractivity contribution is 5.66. The number of hydrogen-bond acceptors (Lipinski definition) is 5. The minimum atomic E-state index is -0.691. The Labute approximate surface area is 114 Å². The average molecular weight is 269 g/mol. The normalized spacial score (nSPS) is 10.3. The molecule has 1 aromatic rings. The van der Waals surface area contributed by atoms with Gasteiger partial charge in [0.1, 0.15) is 5.82 Å². The number of carboxylic acid groups (broad SMARTS) is 1. The van der Waals surface area contributed by atoms with Crippen LogP contribution in [-0.4, -0.2) is 28.2 Å². The molecule has 0 bridgehead atoms. The van der Waals surface area contributed by atoms with Crippen LogP contribution in [0.2, 0.25) is 0 Å². The molecular formula is C13H23N3O3. The molecule has 1 aromatic heterocycles. The molecule has 1 heterocycles. The van der Waals surface area contributed by atoms with Crippen LogP contribution < -0.4 is 10.5 Å². The Hall–Kier alpha value is -1.85. The molecule has 0 aliphatic carbocycles. The van der Waals surface area contributed by atoms with E-state index in [0.29, 0.717) is 18.2 Å². The number of anilines is 1. The first-order chi connectivity index (χ1) is 8.74. The minimum absolute atomic E-state index is 0.273. The van der Waals surface area contributed by atoms with Crippen LogP contribution in [0.15, 0.2) is 12.3 Å². The summed E-state index contributed by atoms with van der Waals surface area (Å²) >= 11 is 0. The topological polar surface area (TPSA) is 98.3 Å². The standard InChI is InChI=1S/C8H16O2.C5H7N3O/c1-8(2,3)6-4-5-7(9)10;1-9-5-7-3-2-4(6)8-5/h4-6H2,1-3H3,(H,9,10);2-3H,1H3,(H2,6,7,8). The van der Waals surface area contributed by atoms with Crippen molar-refractivity contribution >= 4 is 11.8 Å². The summed E-state index contributed by atoms with van der Waals surface area (Å²) in [4.78, 5) is 17.6. The van der Waals surface area contributed by atoms with E-state index in [1.54, 1.807) is 12.3 Å². The lowest BCUT2D eigenvalue weighted by Crippen LogP contribution is -2.05. The highest BCUT2D eigenvalue weighted by Crippen LogP contribution is 2.21. The first-order valence-corrected chi connectivity index (χ1v) is 6.09. The monoisotopic (exact) mass is 269 g/mol. The molecule has 0 unspecified atom stereocenters. The summed E-state index contributed by atoms with van der Waals surface area (Å²) in [7, 11) is 1.49. The molecule has 0 saturated heterocycles. The number of carboxylic acids is 1. The third kappa shape index (κ3) is 11.0. The van der Waals surface area contributed by atoms with Gasteiger partial charge in [0.15, 0.2) is 0 Å². The Morgan fingerprint density at radius 2 is 2.11 bits per heavy atom. The molecular weight excluding hydrogens is 246 g/mol. The van der Waals surface area contributed by atoms with Gasteiger partial charge in [0.25, 0.3) is 0 Å². The van der Waals surface area contributed by atoms with Gasteiger partial charge in [0, 0.05) is 12.6 Å². The van der Waals surface area contributed by atoms with Gasteiger partial charge in [0.05, 0.1) is 7.11 Å². The Balaban J connectivity index is 0.000000342. The number of rotatable bonds is 4. The predicted octanol–water partition coefficient (Wildman–Crippen LogP) is 2.35. The zero-order valence-corrected chi connectivity index (χ0v) is 12.0. The van der Waals surface area contributed by atoms with Crippen molar-refractivity contribution in [3.05, 3.63) is 12.3 Å². The number of aliphatic carboxylic acids is 1. The largest absolute Gasteiger partial charge is 0.481 e. The van der Waals surface area contributed by atoms with Crippen LogP contribution in [0.4, 0.5) is 5.82 Å². The van der Waals surface area contributed by atoms with E-state index in [4.69, 9.17) is 15.6 Å². The molecule has 0 saturated carbocycles. The molecule has 0 radical (unpaired) electrons. The number of nitrogens with two attached hydrogens (primary N) is 1. The van der Waals surface area contributed by atoms with E-state index >= 15 is 0 Å². The number of ether oxygens (including phenoxy) is 1. The molecule has 0 aromatic carbocycles. The first-order valence-electron chi connectivity index (χ1n) is 6.09. The van der Waals surface area contributed by atoms with Gasteiger partial charge < -0.3 is 15.6 Å². The second kappa shape index (κ2) is 8.29. The van der Waals surface area contributed by atoms with Gasteiger partial charge in [-0.1, -0.05) is 20.8 Å². The number of carbonyl (C=O) groups is 1. The molecule has 6 nitrogen and oxygen atoms in total. The maximum atomic E-state index is 10.1. The maximum Gasteiger partial charge on any atom is 0.318 e. The lowest BCUT2D eigenvalue weighted by atomic mass is 9.90. The quantitative estimate of drug-likeness (QED) is 0.870. The number of nitrogens with zero attached hydrogens (tertiary/aromatic N) is 2. The lowest BCUT2D eigenvalue weighted by Gasteiger charge is -2.16. The summed E-state index contributed by atoms with van der Waals surface area (Å²) in [6.07, 6.45) is 3.62. The average Bonchev–Trinajstić information content (AvgIpc) is 2.27. The third-order valence-corrected chi connectivity index (χ3v) is 2.16. The van der Waals surface area contributed by atoms with Crippen molar-refractivity contribution < 1.29 is 14.6 Å². The van der Waals surface area contributed by atoms with Crippen molar-refractivity contribution in [1.82, 2.24) is 9.97 Å². The molecule has 0 atom stereocenters. The second-order valence-corrected chi connectivity index (χ2v) is 5.28. The van der Waals surface area contributed by atoms with Crippen molar-refractivity contribution in [3.63, 3.8) is 0 Å². The molecule has 19 heavy (non-hydrogen) atoms. The maximum absolute atomic E-state index is 10.1. The summed E-state index contributed by atoms with van der Waals surface area (Å²) in [5.41, 5.74) is 5.58. The Bertz CT molecular complexity index is 389. The summed E-state index contributed by atoms with van der Waals surface area (Å²) in [5.74, 6) is -0.272. The fourth-order valence-electron chi connectivity index (χ4n) is 1.22. The van der Waals surface area contributed by atoms with E-state index < -0.39 is 5.97 Å². The first kappa shape index (κ1) is 17.2. The van der Waals surface area contributed by atoms with E-state index in [-0.39, 0.29) is 5.41 Å². The fourth-order valence-corrected chi connectivity index (χ4v) is 1.22. The van der Waals surface area contributed by atoms with Crippen LogP contribution in [0.25, 0.3) is 0 Å². The lowest BCUT2D eigenvalue weighted by molar-refractivity contribution is -0.137. The van der Waals surface area contributed by atoms with E-state index in [1.165, 1.54) is 7.11 Å². The summed E-state index contributed by atoms with van der Waals surface area (Å²) in [6.45, 7) is 6.36. The van der Waals surface area contributed by atoms with Crippen LogP contribution in [0.3, 0.4) is 0 Å². The number of nitrogen functional groups attached to an aromatic ring is 1. The molecule has 0 fully saturated rings. The van der Waals surface area contributed by atoms with E-state index in [1.807, 2.05) is 0 Å². The Morgan fingerprint density at radius 1 is 1.47 bits per heavy atom. The number of methoxy groups -OCH3 is 1. The molecule has 1 rings (SSSR count). The van der Waals surface area contributed by atoms with Crippen LogP contribution in [0.1, 0.15) is 40.0 Å². The van der Waals surface area contributed by atoms with Gasteiger partial charge in [0.2, 0.25) is 0 Å². The van der Waals surface area contributed by atoms with Crippen molar-refractivity contribution in [2.45, 2.75) is 40.0 Å². The zero-order valence-electron chi connectivity index (χ0n) is 12.0. The van der Waals surface area contributed by atoms with Gasteiger partial charge in [-0.2, -0.15) is 4.98 Å². The van der Waals surface area contributed by atoms with E-state index in [0.717, 1.165) is 12.8 Å². The fraction of sp³-hybridized carbons (Fsp3) is 0.615. The van der Waals surface area contributed by atoms with Crippen LogP contribution in [0.5, 0.6) is 6.01 Å². The predicted molar refractivity (Wildman–Crippen MR) is 73.9 cm³/mol. The molecule has 6 heteroatoms. The van der Waals surface area contributed by atoms with Crippen LogP contribution >= 0.6 is 0 Å². The van der Waals surface area contributed by atoms with Crippen molar-refractivity contribution in [2.24, 2.45) is 5.41 Å². The molecule has 0 aliphatic heterocycles. The Morgan fingerprint density at radius 3 is 2.47 bits per heavy atom. The van der Waals surface area contributed by atoms with Gasteiger partial charge in [-0.15, -0.1) is 0 Å². The summed E-state index contributed by atoms with van der Waals surface area (Å²) in [6, 6.07) is 1.90. The van der Waals surface area contributed by atoms with E-state index in [9.17, 15) is 4.79 Å². The molecule has 3 N–H and O–H groups in total. The molecule has 0 amide bonds. The summed E-state index contributed by atoms with van der Waals surface area (Å²) in [5, 5.41) is 8.31. The van der Waals surface area contributed by atoms with Gasteiger partial charge in [-0.3, -0.25) is 4.79 Å². The third-order valence-electron chi connectivity index (χ3n) is 2.16. The van der Waals surface area contributed by atoms with Gasteiger partial charge in [-0.25, -0.2) is 4.98 Å². The smallest absolute Gasteiger partial charge is 0.318 e. The van der Waals surface area contributed by atoms with Crippen LogP contribution in [-0.2, 0) is 4.79 Å². The van der Waals surface area contributed by atoms with Gasteiger partial charge in [-0.05, 0) is 24.3 Å². The van der Waals surface area contributed by atoms with Crippen molar-refractivity contribution in [1.29, 1.82) is 0 Å². The second-order valence-electron chi connectivity index (χ2n) is 5.28. The van der Waals surface area contributed by atoms with Gasteiger partial charge >= 0.3 is 12.0 Å². The number of hydrogen-bond donors (Lipinski definition) is 2. The highest BCUT2D eigenvalue weighted by Gasteiger charge is 2.09. The zero-order chi connectivity index (χ0) is 14.9. The van der Waals surface area contributed by atoms with Crippen molar-refractivity contribution in [3.8, 4) is 6.01 Å². The SMILES string of the molecule is CC(C)(C)CCCC(=O)O.COc1nccc(N)n1. The van der Waals surface area contributed by atoms with Crippen LogP contribution in [0, 0.1) is 5.41 Å². The summed E-state index contributed by atoms with van der Waals surface area (Å²) < 4.78 is 4.69. The molecule has 0 spiro atoms. The minimum Gasteiger partial charge on any atom is -0.481 e.